The molecule has 0 aliphatic carbocycles. The van der Waals surface area contributed by atoms with Crippen molar-refractivity contribution in [2.45, 2.75) is 25.9 Å². The molecule has 0 saturated carbocycles. The van der Waals surface area contributed by atoms with Crippen molar-refractivity contribution in [2.24, 2.45) is 18.7 Å². The first kappa shape index (κ1) is 19.6. The number of amides is 2. The normalized spacial score (nSPS) is 13.3. The van der Waals surface area contributed by atoms with Crippen molar-refractivity contribution in [3.05, 3.63) is 53.9 Å². The van der Waals surface area contributed by atoms with E-state index in [0.717, 1.165) is 0 Å². The molecule has 4 N–H and O–H groups in total. The highest BCUT2D eigenvalue weighted by molar-refractivity contribution is 5.87. The van der Waals surface area contributed by atoms with E-state index >= 15 is 0 Å². The lowest BCUT2D eigenvalue weighted by atomic mass is 10.0. The second-order valence-corrected chi connectivity index (χ2v) is 6.41. The third kappa shape index (κ3) is 4.66. The number of nitrogens with one attached hydrogen (secondary N) is 2. The Hall–Kier alpha value is -2.74. The molecule has 0 aliphatic rings. The van der Waals surface area contributed by atoms with Crippen molar-refractivity contribution in [1.29, 1.82) is 0 Å². The van der Waals surface area contributed by atoms with Gasteiger partial charge >= 0.3 is 0 Å². The van der Waals surface area contributed by atoms with Crippen LogP contribution in [0, 0.1) is 11.7 Å². The summed E-state index contributed by atoms with van der Waals surface area (Å²) in [7, 11) is 1.76. The Kier molecular flexibility index (Phi) is 6.46. The van der Waals surface area contributed by atoms with Gasteiger partial charge in [0.25, 0.3) is 0 Å². The Bertz CT molecular complexity index is 774. The van der Waals surface area contributed by atoms with Crippen LogP contribution in [0.4, 0.5) is 4.39 Å². The lowest BCUT2D eigenvalue weighted by molar-refractivity contribution is -0.127. The second-order valence-electron chi connectivity index (χ2n) is 6.41. The van der Waals surface area contributed by atoms with Gasteiger partial charge in [0.1, 0.15) is 17.7 Å². The number of halogens is 1. The number of rotatable bonds is 7. The molecule has 1 unspecified atom stereocenters. The summed E-state index contributed by atoms with van der Waals surface area (Å²) in [5, 5.41) is 5.22. The van der Waals surface area contributed by atoms with Gasteiger partial charge in [-0.05, 0) is 12.0 Å². The van der Waals surface area contributed by atoms with Crippen molar-refractivity contribution < 1.29 is 14.0 Å². The van der Waals surface area contributed by atoms with Gasteiger partial charge in [-0.25, -0.2) is 9.37 Å². The summed E-state index contributed by atoms with van der Waals surface area (Å²) in [4.78, 5) is 28.4. The molecule has 0 radical (unpaired) electrons. The minimum atomic E-state index is -0.778. The number of aromatic nitrogens is 2. The van der Waals surface area contributed by atoms with E-state index in [1.54, 1.807) is 42.2 Å². The van der Waals surface area contributed by atoms with Crippen LogP contribution in [0.2, 0.25) is 0 Å². The second kappa shape index (κ2) is 8.57. The summed E-state index contributed by atoms with van der Waals surface area (Å²) in [5.74, 6) is -0.891. The number of nitrogens with zero attached hydrogens (tertiary/aromatic N) is 2. The summed E-state index contributed by atoms with van der Waals surface area (Å²) in [5.41, 5.74) is 6.04. The Morgan fingerprint density at radius 2 is 2.00 bits per heavy atom. The molecule has 0 fully saturated rings. The SMILES string of the molecule is CC(C)[C@H](N)C(=O)NCC(=O)NC(c1ccccc1F)c1nccn1C. The first-order valence-corrected chi connectivity index (χ1v) is 8.35. The van der Waals surface area contributed by atoms with E-state index in [1.165, 1.54) is 6.07 Å². The van der Waals surface area contributed by atoms with Gasteiger partial charge < -0.3 is 20.9 Å². The van der Waals surface area contributed by atoms with Gasteiger partial charge in [0.15, 0.2) is 0 Å². The molecule has 2 rings (SSSR count). The van der Waals surface area contributed by atoms with Crippen molar-refractivity contribution >= 4 is 11.8 Å². The number of aryl methyl sites for hydroxylation is 1. The molecule has 140 valence electrons. The summed E-state index contributed by atoms with van der Waals surface area (Å²) in [6.07, 6.45) is 3.28. The molecule has 1 heterocycles. The third-order valence-electron chi connectivity index (χ3n) is 4.08. The van der Waals surface area contributed by atoms with E-state index < -0.39 is 29.7 Å². The van der Waals surface area contributed by atoms with Crippen LogP contribution in [0.5, 0.6) is 0 Å². The standard InChI is InChI=1S/C18H24FN5O2/c1-11(2)15(20)18(26)22-10-14(25)23-16(17-21-8-9-24(17)3)12-6-4-5-7-13(12)19/h4-9,11,15-16H,10,20H2,1-3H3,(H,22,26)(H,23,25)/t15-,16?/m0/s1. The highest BCUT2D eigenvalue weighted by Gasteiger charge is 2.24. The van der Waals surface area contributed by atoms with Gasteiger partial charge in [-0.15, -0.1) is 0 Å². The van der Waals surface area contributed by atoms with Gasteiger partial charge in [-0.3, -0.25) is 9.59 Å². The monoisotopic (exact) mass is 361 g/mol. The predicted molar refractivity (Wildman–Crippen MR) is 95.4 cm³/mol. The van der Waals surface area contributed by atoms with Crippen LogP contribution in [0.1, 0.15) is 31.3 Å². The average molecular weight is 361 g/mol. The molecule has 0 bridgehead atoms. The van der Waals surface area contributed by atoms with Crippen molar-refractivity contribution in [3.63, 3.8) is 0 Å². The van der Waals surface area contributed by atoms with Gasteiger partial charge in [-0.1, -0.05) is 32.0 Å². The molecule has 2 atom stereocenters. The van der Waals surface area contributed by atoms with Crippen LogP contribution in [0.25, 0.3) is 0 Å². The highest BCUT2D eigenvalue weighted by atomic mass is 19.1. The van der Waals surface area contributed by atoms with E-state index in [2.05, 4.69) is 15.6 Å². The maximum Gasteiger partial charge on any atom is 0.240 e. The fourth-order valence-electron chi connectivity index (χ4n) is 2.45. The summed E-state index contributed by atoms with van der Waals surface area (Å²) >= 11 is 0. The van der Waals surface area contributed by atoms with Gasteiger partial charge in [0.2, 0.25) is 11.8 Å². The van der Waals surface area contributed by atoms with Crippen molar-refractivity contribution in [3.8, 4) is 0 Å². The molecular formula is C18H24FN5O2. The number of nitrogens with two attached hydrogens (primary N) is 1. The summed E-state index contributed by atoms with van der Waals surface area (Å²) in [6.45, 7) is 3.38. The maximum atomic E-state index is 14.2. The van der Waals surface area contributed by atoms with Gasteiger partial charge in [0, 0.05) is 25.0 Å². The van der Waals surface area contributed by atoms with Crippen LogP contribution in [0.15, 0.2) is 36.7 Å². The first-order valence-electron chi connectivity index (χ1n) is 8.35. The number of hydrogen-bond donors (Lipinski definition) is 3. The van der Waals surface area contributed by atoms with Crippen molar-refractivity contribution in [2.75, 3.05) is 6.54 Å². The molecule has 26 heavy (non-hydrogen) atoms. The lowest BCUT2D eigenvalue weighted by Crippen LogP contribution is -2.47. The largest absolute Gasteiger partial charge is 0.346 e. The minimum Gasteiger partial charge on any atom is -0.346 e. The molecular weight excluding hydrogens is 337 g/mol. The first-order chi connectivity index (χ1) is 12.3. The molecule has 2 aromatic rings. The molecule has 7 nitrogen and oxygen atoms in total. The smallest absolute Gasteiger partial charge is 0.240 e. The molecule has 0 saturated heterocycles. The van der Waals surface area contributed by atoms with Crippen LogP contribution in [-0.4, -0.2) is 34.0 Å². The van der Waals surface area contributed by atoms with Crippen LogP contribution in [0.3, 0.4) is 0 Å². The van der Waals surface area contributed by atoms with Gasteiger partial charge in [0.05, 0.1) is 12.6 Å². The van der Waals surface area contributed by atoms with E-state index in [-0.39, 0.29) is 12.5 Å². The summed E-state index contributed by atoms with van der Waals surface area (Å²) < 4.78 is 15.9. The number of imidazole rings is 1. The number of carbonyl (C=O) groups excluding carboxylic acids is 2. The quantitative estimate of drug-likeness (QED) is 0.681. The Morgan fingerprint density at radius 3 is 2.58 bits per heavy atom. The minimum absolute atomic E-state index is 0.0446. The zero-order valence-electron chi connectivity index (χ0n) is 15.1. The van der Waals surface area contributed by atoms with E-state index in [1.807, 2.05) is 13.8 Å². The zero-order valence-corrected chi connectivity index (χ0v) is 15.1. The topological polar surface area (TPSA) is 102 Å². The maximum absolute atomic E-state index is 14.2. The van der Waals surface area contributed by atoms with Gasteiger partial charge in [-0.2, -0.15) is 0 Å². The van der Waals surface area contributed by atoms with E-state index in [4.69, 9.17) is 5.73 Å². The van der Waals surface area contributed by atoms with E-state index in [0.29, 0.717) is 11.4 Å². The third-order valence-corrected chi connectivity index (χ3v) is 4.08. The number of benzene rings is 1. The summed E-state index contributed by atoms with van der Waals surface area (Å²) in [6, 6.07) is 4.69. The number of hydrogen-bond acceptors (Lipinski definition) is 4. The molecule has 2 amide bonds. The lowest BCUT2D eigenvalue weighted by Gasteiger charge is -2.20. The molecule has 1 aromatic heterocycles. The highest BCUT2D eigenvalue weighted by Crippen LogP contribution is 2.22. The Labute approximate surface area is 151 Å². The number of carbonyl (C=O) groups is 2. The Morgan fingerprint density at radius 1 is 1.31 bits per heavy atom. The fraction of sp³-hybridized carbons (Fsp3) is 0.389. The zero-order chi connectivity index (χ0) is 19.3. The van der Waals surface area contributed by atoms with Crippen LogP contribution >= 0.6 is 0 Å². The van der Waals surface area contributed by atoms with Crippen LogP contribution < -0.4 is 16.4 Å². The van der Waals surface area contributed by atoms with Crippen LogP contribution in [-0.2, 0) is 16.6 Å². The molecule has 0 spiro atoms. The molecule has 1 aromatic carbocycles. The van der Waals surface area contributed by atoms with Crippen molar-refractivity contribution in [1.82, 2.24) is 20.2 Å². The van der Waals surface area contributed by atoms with E-state index in [9.17, 15) is 14.0 Å². The molecule has 8 heteroatoms. The Balaban J connectivity index is 2.13. The predicted octanol–water partition coefficient (Wildman–Crippen LogP) is 0.864. The molecule has 0 aliphatic heterocycles. The fourth-order valence-corrected chi connectivity index (χ4v) is 2.45. The average Bonchev–Trinajstić information content (AvgIpc) is 3.03.